The molecule has 1 fully saturated rings. The molecule has 4 rings (SSSR count). The number of likely N-dealkylation sites (tertiary alicyclic amines) is 1. The van der Waals surface area contributed by atoms with Crippen molar-refractivity contribution in [1.82, 2.24) is 19.7 Å². The minimum atomic E-state index is -4.39. The Hall–Kier alpha value is -3.34. The van der Waals surface area contributed by atoms with Gasteiger partial charge in [0.05, 0.1) is 11.6 Å². The highest BCUT2D eigenvalue weighted by Gasteiger charge is 2.34. The maximum absolute atomic E-state index is 12.8. The van der Waals surface area contributed by atoms with Crippen molar-refractivity contribution < 1.29 is 18.0 Å². The normalized spacial score (nSPS) is 14.8. The second-order valence-corrected chi connectivity index (χ2v) is 6.25. The molecule has 3 heterocycles. The molecule has 0 saturated carbocycles. The van der Waals surface area contributed by atoms with Crippen molar-refractivity contribution >= 4 is 16.9 Å². The first-order valence-corrected chi connectivity index (χ1v) is 8.15. The fourth-order valence-corrected chi connectivity index (χ4v) is 3.13. The van der Waals surface area contributed by atoms with Crippen LogP contribution in [0.4, 0.5) is 13.2 Å². The van der Waals surface area contributed by atoms with E-state index in [-0.39, 0.29) is 11.9 Å². The van der Waals surface area contributed by atoms with Crippen LogP contribution in [-0.4, -0.2) is 38.7 Å². The van der Waals surface area contributed by atoms with Crippen molar-refractivity contribution in [2.45, 2.75) is 12.2 Å². The summed E-state index contributed by atoms with van der Waals surface area (Å²) in [6, 6.07) is 8.36. The minimum Gasteiger partial charge on any atom is -0.327 e. The van der Waals surface area contributed by atoms with E-state index >= 15 is 0 Å². The van der Waals surface area contributed by atoms with Crippen molar-refractivity contribution in [3.63, 3.8) is 0 Å². The number of nitrogens with zero attached hydrogens (tertiary/aromatic N) is 4. The highest BCUT2D eigenvalue weighted by atomic mass is 19.4. The van der Waals surface area contributed by atoms with Gasteiger partial charge in [-0.2, -0.15) is 18.3 Å². The molecule has 0 unspecified atom stereocenters. The monoisotopic (exact) mass is 370 g/mol. The molecule has 0 aliphatic carbocycles. The van der Waals surface area contributed by atoms with Gasteiger partial charge < -0.3 is 4.90 Å². The minimum absolute atomic E-state index is 0.0806. The molecule has 0 radical (unpaired) electrons. The molecule has 1 aliphatic rings. The van der Waals surface area contributed by atoms with Gasteiger partial charge in [-0.05, 0) is 30.2 Å². The van der Waals surface area contributed by atoms with E-state index in [1.807, 2.05) is 6.07 Å². The number of fused-ring (bicyclic) bond motifs is 1. The SMILES string of the molecule is C#CC(=O)N1CC(n2nc(-c3ccc(C(F)(F)F)cc3)c3cccnc32)C1. The number of aromatic nitrogens is 3. The van der Waals surface area contributed by atoms with Crippen molar-refractivity contribution in [3.8, 4) is 23.6 Å². The van der Waals surface area contributed by atoms with Crippen LogP contribution in [-0.2, 0) is 11.0 Å². The van der Waals surface area contributed by atoms with Gasteiger partial charge in [-0.1, -0.05) is 12.1 Å². The van der Waals surface area contributed by atoms with Crippen molar-refractivity contribution in [2.24, 2.45) is 0 Å². The Bertz CT molecular complexity index is 1060. The number of hydrogen-bond acceptors (Lipinski definition) is 3. The van der Waals surface area contributed by atoms with Crippen molar-refractivity contribution in [2.75, 3.05) is 13.1 Å². The molecule has 3 aromatic rings. The molecule has 136 valence electrons. The molecule has 8 heteroatoms. The number of hydrogen-bond donors (Lipinski definition) is 0. The maximum atomic E-state index is 12.8. The van der Waals surface area contributed by atoms with Gasteiger partial charge in [-0.3, -0.25) is 4.79 Å². The molecule has 1 aliphatic heterocycles. The summed E-state index contributed by atoms with van der Waals surface area (Å²) in [5.41, 5.74) is 1.02. The van der Waals surface area contributed by atoms with E-state index in [4.69, 9.17) is 6.42 Å². The van der Waals surface area contributed by atoms with E-state index < -0.39 is 11.7 Å². The number of carbonyl (C=O) groups excluding carboxylic acids is 1. The second-order valence-electron chi connectivity index (χ2n) is 6.25. The molecule has 0 N–H and O–H groups in total. The first kappa shape index (κ1) is 17.1. The van der Waals surface area contributed by atoms with Gasteiger partial charge in [0, 0.05) is 30.2 Å². The number of halogens is 3. The van der Waals surface area contributed by atoms with E-state index in [9.17, 15) is 18.0 Å². The van der Waals surface area contributed by atoms with Crippen LogP contribution in [0.2, 0.25) is 0 Å². The highest BCUT2D eigenvalue weighted by Crippen LogP contribution is 2.34. The molecule has 1 amide bonds. The Balaban J connectivity index is 1.71. The predicted molar refractivity (Wildman–Crippen MR) is 92.4 cm³/mol. The molecule has 1 aromatic carbocycles. The fraction of sp³-hybridized carbons (Fsp3) is 0.211. The van der Waals surface area contributed by atoms with Gasteiger partial charge in [0.15, 0.2) is 5.65 Å². The smallest absolute Gasteiger partial charge is 0.327 e. The Kier molecular flexibility index (Phi) is 3.88. The third kappa shape index (κ3) is 2.91. The number of rotatable bonds is 2. The van der Waals surface area contributed by atoms with E-state index in [1.54, 1.807) is 16.9 Å². The number of carbonyl (C=O) groups is 1. The summed E-state index contributed by atoms with van der Waals surface area (Å²) in [4.78, 5) is 17.4. The van der Waals surface area contributed by atoms with Gasteiger partial charge >= 0.3 is 6.18 Å². The van der Waals surface area contributed by atoms with Crippen LogP contribution < -0.4 is 0 Å². The number of amides is 1. The molecular weight excluding hydrogens is 357 g/mol. The Morgan fingerprint density at radius 1 is 1.19 bits per heavy atom. The van der Waals surface area contributed by atoms with Crippen LogP contribution in [0.5, 0.6) is 0 Å². The zero-order valence-electron chi connectivity index (χ0n) is 13.9. The molecule has 2 aromatic heterocycles. The number of pyridine rings is 1. The zero-order chi connectivity index (χ0) is 19.2. The third-order valence-electron chi connectivity index (χ3n) is 4.57. The Morgan fingerprint density at radius 2 is 1.89 bits per heavy atom. The van der Waals surface area contributed by atoms with Crippen LogP contribution in [0.3, 0.4) is 0 Å². The molecular formula is C19H13F3N4O. The third-order valence-corrected chi connectivity index (χ3v) is 4.57. The maximum Gasteiger partial charge on any atom is 0.416 e. The number of terminal acetylenes is 1. The molecule has 5 nitrogen and oxygen atoms in total. The van der Waals surface area contributed by atoms with Crippen LogP contribution in [0.25, 0.3) is 22.3 Å². The average molecular weight is 370 g/mol. The van der Waals surface area contributed by atoms with E-state index in [2.05, 4.69) is 16.0 Å². The number of alkyl halides is 3. The molecule has 0 bridgehead atoms. The first-order valence-electron chi connectivity index (χ1n) is 8.15. The highest BCUT2D eigenvalue weighted by molar-refractivity contribution is 5.94. The van der Waals surface area contributed by atoms with E-state index in [1.165, 1.54) is 17.0 Å². The summed E-state index contributed by atoms with van der Waals surface area (Å²) in [5.74, 6) is 1.70. The molecule has 0 spiro atoms. The lowest BCUT2D eigenvalue weighted by atomic mass is 10.1. The second kappa shape index (κ2) is 6.13. The van der Waals surface area contributed by atoms with Crippen molar-refractivity contribution in [1.29, 1.82) is 0 Å². The largest absolute Gasteiger partial charge is 0.416 e. The van der Waals surface area contributed by atoms with Crippen LogP contribution in [0.15, 0.2) is 42.6 Å². The first-order chi connectivity index (χ1) is 12.9. The lowest BCUT2D eigenvalue weighted by Crippen LogP contribution is -2.50. The van der Waals surface area contributed by atoms with E-state index in [0.29, 0.717) is 30.0 Å². The summed E-state index contributed by atoms with van der Waals surface area (Å²) in [6.07, 6.45) is 2.36. The molecule has 27 heavy (non-hydrogen) atoms. The topological polar surface area (TPSA) is 51.0 Å². The van der Waals surface area contributed by atoms with Gasteiger partial charge in [0.2, 0.25) is 0 Å². The van der Waals surface area contributed by atoms with Gasteiger partial charge in [-0.15, -0.1) is 6.42 Å². The summed E-state index contributed by atoms with van der Waals surface area (Å²) in [5, 5.41) is 5.31. The lowest BCUT2D eigenvalue weighted by Gasteiger charge is -2.37. The fourth-order valence-electron chi connectivity index (χ4n) is 3.13. The summed E-state index contributed by atoms with van der Waals surface area (Å²) >= 11 is 0. The summed E-state index contributed by atoms with van der Waals surface area (Å²) < 4.78 is 40.1. The Labute approximate surface area is 152 Å². The lowest BCUT2D eigenvalue weighted by molar-refractivity contribution is -0.137. The van der Waals surface area contributed by atoms with Gasteiger partial charge in [0.25, 0.3) is 5.91 Å². The molecule has 0 atom stereocenters. The van der Waals surface area contributed by atoms with Crippen LogP contribution in [0.1, 0.15) is 11.6 Å². The summed E-state index contributed by atoms with van der Waals surface area (Å²) in [7, 11) is 0. The summed E-state index contributed by atoms with van der Waals surface area (Å²) in [6.45, 7) is 0.839. The predicted octanol–water partition coefficient (Wildman–Crippen LogP) is 3.13. The van der Waals surface area contributed by atoms with E-state index in [0.717, 1.165) is 17.5 Å². The van der Waals surface area contributed by atoms with Gasteiger partial charge in [-0.25, -0.2) is 9.67 Å². The van der Waals surface area contributed by atoms with Crippen LogP contribution in [0, 0.1) is 12.3 Å². The van der Waals surface area contributed by atoms with Gasteiger partial charge in [0.1, 0.15) is 5.69 Å². The standard InChI is InChI=1S/C19H13F3N4O/c1-2-16(27)25-10-14(11-25)26-18-15(4-3-9-23-18)17(24-26)12-5-7-13(8-6-12)19(20,21)22/h1,3-9,14H,10-11H2. The van der Waals surface area contributed by atoms with Crippen LogP contribution >= 0.6 is 0 Å². The Morgan fingerprint density at radius 3 is 2.52 bits per heavy atom. The number of benzene rings is 1. The average Bonchev–Trinajstić information content (AvgIpc) is 2.99. The molecule has 1 saturated heterocycles. The zero-order valence-corrected chi connectivity index (χ0v) is 13.9. The van der Waals surface area contributed by atoms with Crippen molar-refractivity contribution in [3.05, 3.63) is 48.2 Å². The quantitative estimate of drug-likeness (QED) is 0.652.